The standard InChI is InChI=1S/C20H21N5O4/c1-12-17-18(26)14(20(27)22-15-9-5-6-10-16(15)25(28)29)11-21-19(17)24(23-12)13-7-3-2-4-8-13/h2-10,12,14,17,19,21,23H,11H2,1H3,(H,22,27). The van der Waals surface area contributed by atoms with E-state index in [1.807, 2.05) is 42.3 Å². The van der Waals surface area contributed by atoms with E-state index in [9.17, 15) is 19.7 Å². The predicted molar refractivity (Wildman–Crippen MR) is 107 cm³/mol. The molecule has 0 spiro atoms. The van der Waals surface area contributed by atoms with Crippen LogP contribution >= 0.6 is 0 Å². The molecule has 150 valence electrons. The molecule has 0 radical (unpaired) electrons. The Labute approximate surface area is 167 Å². The third-order valence-electron chi connectivity index (χ3n) is 5.41. The van der Waals surface area contributed by atoms with Crippen molar-refractivity contribution in [3.05, 3.63) is 64.7 Å². The van der Waals surface area contributed by atoms with Gasteiger partial charge >= 0.3 is 0 Å². The molecule has 29 heavy (non-hydrogen) atoms. The molecule has 2 fully saturated rings. The Bertz CT molecular complexity index is 951. The molecule has 0 aromatic heterocycles. The number of nitrogens with zero attached hydrogens (tertiary/aromatic N) is 2. The fourth-order valence-corrected chi connectivity index (χ4v) is 4.01. The van der Waals surface area contributed by atoms with Crippen LogP contribution in [0.3, 0.4) is 0 Å². The molecule has 2 heterocycles. The van der Waals surface area contributed by atoms with Crippen LogP contribution in [0.4, 0.5) is 17.1 Å². The molecule has 1 amide bonds. The van der Waals surface area contributed by atoms with E-state index in [4.69, 9.17) is 0 Å². The highest BCUT2D eigenvalue weighted by Gasteiger charge is 2.50. The Balaban J connectivity index is 1.52. The van der Waals surface area contributed by atoms with Gasteiger partial charge in [-0.3, -0.25) is 30.0 Å². The SMILES string of the molecule is CC1NN(c2ccccc2)C2NCC(C(=O)Nc3ccccc3[N+](=O)[O-])C(=O)C12. The summed E-state index contributed by atoms with van der Waals surface area (Å²) in [7, 11) is 0. The number of hydrogen-bond acceptors (Lipinski definition) is 7. The van der Waals surface area contributed by atoms with Crippen LogP contribution in [-0.4, -0.2) is 35.4 Å². The van der Waals surface area contributed by atoms with E-state index < -0.39 is 22.7 Å². The molecule has 2 aromatic carbocycles. The summed E-state index contributed by atoms with van der Waals surface area (Å²) >= 11 is 0. The molecule has 2 aliphatic rings. The number of hydrazine groups is 1. The van der Waals surface area contributed by atoms with Crippen LogP contribution in [0.5, 0.6) is 0 Å². The van der Waals surface area contributed by atoms with Gasteiger partial charge in [0, 0.05) is 18.7 Å². The maximum Gasteiger partial charge on any atom is 0.292 e. The fraction of sp³-hybridized carbons (Fsp3) is 0.300. The molecule has 4 unspecified atom stereocenters. The van der Waals surface area contributed by atoms with E-state index in [1.165, 1.54) is 18.2 Å². The minimum atomic E-state index is -0.920. The largest absolute Gasteiger partial charge is 0.320 e. The third kappa shape index (κ3) is 3.45. The number of ketones is 1. The van der Waals surface area contributed by atoms with Crippen molar-refractivity contribution in [2.45, 2.75) is 19.1 Å². The Kier molecular flexibility index (Phi) is 4.99. The molecular weight excluding hydrogens is 374 g/mol. The number of piperidine rings is 1. The molecular formula is C20H21N5O4. The maximum atomic E-state index is 13.1. The fourth-order valence-electron chi connectivity index (χ4n) is 4.01. The highest BCUT2D eigenvalue weighted by atomic mass is 16.6. The third-order valence-corrected chi connectivity index (χ3v) is 5.41. The summed E-state index contributed by atoms with van der Waals surface area (Å²) < 4.78 is 0. The van der Waals surface area contributed by atoms with E-state index in [0.717, 1.165) is 5.69 Å². The van der Waals surface area contributed by atoms with Crippen LogP contribution in [0, 0.1) is 22.0 Å². The quantitative estimate of drug-likeness (QED) is 0.410. The topological polar surface area (TPSA) is 117 Å². The summed E-state index contributed by atoms with van der Waals surface area (Å²) in [5, 5.41) is 18.9. The molecule has 4 rings (SSSR count). The smallest absolute Gasteiger partial charge is 0.292 e. The Morgan fingerprint density at radius 2 is 1.86 bits per heavy atom. The lowest BCUT2D eigenvalue weighted by Crippen LogP contribution is -2.58. The van der Waals surface area contributed by atoms with Gasteiger partial charge in [-0.15, -0.1) is 0 Å². The van der Waals surface area contributed by atoms with Gasteiger partial charge in [0.15, 0.2) is 5.78 Å². The van der Waals surface area contributed by atoms with E-state index in [-0.39, 0.29) is 35.9 Å². The molecule has 0 saturated carbocycles. The van der Waals surface area contributed by atoms with E-state index >= 15 is 0 Å². The van der Waals surface area contributed by atoms with E-state index in [0.29, 0.717) is 0 Å². The zero-order valence-electron chi connectivity index (χ0n) is 15.7. The van der Waals surface area contributed by atoms with Crippen LogP contribution in [0.15, 0.2) is 54.6 Å². The number of Topliss-reactive ketones (excluding diaryl/α,β-unsaturated/α-hetero) is 1. The van der Waals surface area contributed by atoms with Crippen LogP contribution in [0.1, 0.15) is 6.92 Å². The van der Waals surface area contributed by atoms with Crippen molar-refractivity contribution in [1.82, 2.24) is 10.7 Å². The summed E-state index contributed by atoms with van der Waals surface area (Å²) in [5.74, 6) is -2.06. The van der Waals surface area contributed by atoms with Gasteiger partial charge in [0.25, 0.3) is 5.69 Å². The van der Waals surface area contributed by atoms with Gasteiger partial charge in [-0.05, 0) is 25.1 Å². The lowest BCUT2D eigenvalue weighted by Gasteiger charge is -2.35. The average Bonchev–Trinajstić information content (AvgIpc) is 3.06. The molecule has 2 saturated heterocycles. The molecule has 2 aliphatic heterocycles. The molecule has 9 heteroatoms. The molecule has 9 nitrogen and oxygen atoms in total. The van der Waals surface area contributed by atoms with Crippen LogP contribution in [-0.2, 0) is 9.59 Å². The zero-order chi connectivity index (χ0) is 20.5. The number of anilines is 2. The van der Waals surface area contributed by atoms with Crippen molar-refractivity contribution < 1.29 is 14.5 Å². The highest BCUT2D eigenvalue weighted by Crippen LogP contribution is 2.32. The second kappa shape index (κ2) is 7.61. The number of carbonyl (C=O) groups is 2. The number of nitro groups is 1. The van der Waals surface area contributed by atoms with Crippen LogP contribution in [0.25, 0.3) is 0 Å². The summed E-state index contributed by atoms with van der Waals surface area (Å²) in [6, 6.07) is 15.4. The van der Waals surface area contributed by atoms with Gasteiger partial charge in [-0.25, -0.2) is 5.43 Å². The first-order valence-electron chi connectivity index (χ1n) is 9.39. The van der Waals surface area contributed by atoms with Gasteiger partial charge in [-0.1, -0.05) is 30.3 Å². The van der Waals surface area contributed by atoms with Crippen molar-refractivity contribution >= 4 is 28.8 Å². The number of amides is 1. The molecule has 0 bridgehead atoms. The summed E-state index contributed by atoms with van der Waals surface area (Å²) in [5.41, 5.74) is 4.11. The molecule has 0 aliphatic carbocycles. The first-order chi connectivity index (χ1) is 14.0. The van der Waals surface area contributed by atoms with E-state index in [2.05, 4.69) is 16.1 Å². The van der Waals surface area contributed by atoms with Gasteiger partial charge in [-0.2, -0.15) is 0 Å². The summed E-state index contributed by atoms with van der Waals surface area (Å²) in [6.07, 6.45) is -0.269. The maximum absolute atomic E-state index is 13.1. The van der Waals surface area contributed by atoms with Gasteiger partial charge in [0.2, 0.25) is 5.91 Å². The summed E-state index contributed by atoms with van der Waals surface area (Å²) in [6.45, 7) is 2.06. The first-order valence-corrected chi connectivity index (χ1v) is 9.39. The number of benzene rings is 2. The van der Waals surface area contributed by atoms with Gasteiger partial charge in [0.05, 0.1) is 16.5 Å². The van der Waals surface area contributed by atoms with Crippen molar-refractivity contribution in [3.8, 4) is 0 Å². The Hall–Kier alpha value is -3.30. The molecule has 4 atom stereocenters. The number of nitro benzene ring substituents is 1. The number of fused-ring (bicyclic) bond motifs is 1. The van der Waals surface area contributed by atoms with Gasteiger partial charge in [0.1, 0.15) is 17.8 Å². The second-order valence-electron chi connectivity index (χ2n) is 7.22. The summed E-state index contributed by atoms with van der Waals surface area (Å²) in [4.78, 5) is 36.5. The van der Waals surface area contributed by atoms with Gasteiger partial charge < -0.3 is 5.32 Å². The van der Waals surface area contributed by atoms with Crippen molar-refractivity contribution in [3.63, 3.8) is 0 Å². The molecule has 2 aromatic rings. The average molecular weight is 395 g/mol. The monoisotopic (exact) mass is 395 g/mol. The number of nitrogens with one attached hydrogen (secondary N) is 3. The highest BCUT2D eigenvalue weighted by molar-refractivity contribution is 6.09. The van der Waals surface area contributed by atoms with Crippen LogP contribution in [0.2, 0.25) is 0 Å². The Morgan fingerprint density at radius 3 is 2.59 bits per heavy atom. The predicted octanol–water partition coefficient (Wildman–Crippen LogP) is 1.68. The molecule has 3 N–H and O–H groups in total. The Morgan fingerprint density at radius 1 is 1.17 bits per heavy atom. The van der Waals surface area contributed by atoms with E-state index in [1.54, 1.807) is 6.07 Å². The van der Waals surface area contributed by atoms with Crippen molar-refractivity contribution in [2.24, 2.45) is 11.8 Å². The second-order valence-corrected chi connectivity index (χ2v) is 7.22. The zero-order valence-corrected chi connectivity index (χ0v) is 15.7. The lowest BCUT2D eigenvalue weighted by molar-refractivity contribution is -0.383. The van der Waals surface area contributed by atoms with Crippen molar-refractivity contribution in [2.75, 3.05) is 16.9 Å². The lowest BCUT2D eigenvalue weighted by atomic mass is 9.83. The number of carbonyl (C=O) groups excluding carboxylic acids is 2. The minimum absolute atomic E-state index is 0.0842. The minimum Gasteiger partial charge on any atom is -0.320 e. The number of rotatable bonds is 4. The van der Waals surface area contributed by atoms with Crippen LogP contribution < -0.4 is 21.1 Å². The van der Waals surface area contributed by atoms with Crippen molar-refractivity contribution in [1.29, 1.82) is 0 Å². The normalized spacial score (nSPS) is 26.1. The number of para-hydroxylation sites is 3. The first kappa shape index (κ1) is 19.0. The number of hydrogen-bond donors (Lipinski definition) is 3.